The number of fused-ring (bicyclic) bond motifs is 1. The summed E-state index contributed by atoms with van der Waals surface area (Å²) < 4.78 is 4.92. The van der Waals surface area contributed by atoms with Crippen molar-refractivity contribution in [3.63, 3.8) is 0 Å². The van der Waals surface area contributed by atoms with E-state index in [2.05, 4.69) is 0 Å². The molecule has 1 atom stereocenters. The van der Waals surface area contributed by atoms with Crippen molar-refractivity contribution in [1.82, 2.24) is 0 Å². The van der Waals surface area contributed by atoms with Gasteiger partial charge in [-0.3, -0.25) is 4.79 Å². The molecule has 0 aliphatic heterocycles. The highest BCUT2D eigenvalue weighted by atomic mass is 16.4. The second kappa shape index (κ2) is 4.50. The van der Waals surface area contributed by atoms with E-state index in [1.807, 2.05) is 0 Å². The van der Waals surface area contributed by atoms with Gasteiger partial charge in [0, 0.05) is 17.5 Å². The molecule has 1 heterocycles. The van der Waals surface area contributed by atoms with Crippen molar-refractivity contribution in [2.24, 2.45) is 5.73 Å². The Morgan fingerprint density at radius 2 is 2.11 bits per heavy atom. The van der Waals surface area contributed by atoms with Gasteiger partial charge in [-0.2, -0.15) is 0 Å². The van der Waals surface area contributed by atoms with Crippen molar-refractivity contribution in [2.45, 2.75) is 12.5 Å². The minimum Gasteiger partial charge on any atom is -0.508 e. The van der Waals surface area contributed by atoms with Crippen LogP contribution in [0, 0.1) is 0 Å². The normalized spacial score (nSPS) is 12.5. The molecule has 18 heavy (non-hydrogen) atoms. The lowest BCUT2D eigenvalue weighted by molar-refractivity contribution is -0.138. The predicted octanol–water partition coefficient (Wildman–Crippen LogP) is 0.453. The fraction of sp³-hybridized carbons (Fsp3) is 0.167. The second-order valence-corrected chi connectivity index (χ2v) is 3.92. The molecule has 94 valence electrons. The number of hydrogen-bond acceptors (Lipinski definition) is 5. The summed E-state index contributed by atoms with van der Waals surface area (Å²) in [6.45, 7) is 0. The van der Waals surface area contributed by atoms with Gasteiger partial charge in [0.15, 0.2) is 0 Å². The standard InChI is InChI=1S/C12H11NO5/c13-9(12(16)17)3-6-4-11(15)18-10-5-7(14)1-2-8(6)10/h1-2,4-5,9,14H,3,13H2,(H,16,17). The summed E-state index contributed by atoms with van der Waals surface area (Å²) in [6.07, 6.45) is 0.0161. The summed E-state index contributed by atoms with van der Waals surface area (Å²) in [7, 11) is 0. The molecule has 2 aromatic rings. The van der Waals surface area contributed by atoms with Gasteiger partial charge < -0.3 is 20.4 Å². The molecule has 1 unspecified atom stereocenters. The molecule has 0 spiro atoms. The van der Waals surface area contributed by atoms with Gasteiger partial charge in [-0.25, -0.2) is 4.79 Å². The minimum atomic E-state index is -1.14. The van der Waals surface area contributed by atoms with Crippen molar-refractivity contribution in [2.75, 3.05) is 0 Å². The third-order valence-electron chi connectivity index (χ3n) is 2.57. The van der Waals surface area contributed by atoms with E-state index in [1.54, 1.807) is 6.07 Å². The predicted molar refractivity (Wildman–Crippen MR) is 63.5 cm³/mol. The second-order valence-electron chi connectivity index (χ2n) is 3.92. The van der Waals surface area contributed by atoms with Crippen molar-refractivity contribution in [3.8, 4) is 5.75 Å². The molecule has 1 aromatic carbocycles. The smallest absolute Gasteiger partial charge is 0.336 e. The lowest BCUT2D eigenvalue weighted by Crippen LogP contribution is -2.32. The number of carbonyl (C=O) groups is 1. The maximum absolute atomic E-state index is 11.3. The third-order valence-corrected chi connectivity index (χ3v) is 2.57. The third kappa shape index (κ3) is 2.33. The Balaban J connectivity index is 2.56. The first-order valence-electron chi connectivity index (χ1n) is 5.21. The Morgan fingerprint density at radius 3 is 2.78 bits per heavy atom. The number of aromatic hydroxyl groups is 1. The van der Waals surface area contributed by atoms with E-state index in [-0.39, 0.29) is 17.8 Å². The quantitative estimate of drug-likeness (QED) is 0.680. The number of phenols is 1. The summed E-state index contributed by atoms with van der Waals surface area (Å²) in [5, 5.41) is 18.6. The first kappa shape index (κ1) is 12.1. The number of phenolic OH excluding ortho intramolecular Hbond substituents is 1. The van der Waals surface area contributed by atoms with Crippen LogP contribution in [-0.2, 0) is 11.2 Å². The van der Waals surface area contributed by atoms with E-state index in [9.17, 15) is 14.7 Å². The first-order valence-corrected chi connectivity index (χ1v) is 5.21. The zero-order valence-electron chi connectivity index (χ0n) is 9.29. The Morgan fingerprint density at radius 1 is 1.39 bits per heavy atom. The SMILES string of the molecule is NC(Cc1cc(=O)oc2cc(O)ccc12)C(=O)O. The highest BCUT2D eigenvalue weighted by Gasteiger charge is 2.15. The van der Waals surface area contributed by atoms with Crippen LogP contribution in [0.3, 0.4) is 0 Å². The number of carboxylic acids is 1. The Kier molecular flexibility index (Phi) is 3.03. The van der Waals surface area contributed by atoms with Crippen LogP contribution in [0.5, 0.6) is 5.75 Å². The van der Waals surface area contributed by atoms with Gasteiger partial charge in [0.2, 0.25) is 0 Å². The van der Waals surface area contributed by atoms with Crippen LogP contribution in [0.1, 0.15) is 5.56 Å². The van der Waals surface area contributed by atoms with Crippen molar-refractivity contribution >= 4 is 16.9 Å². The molecule has 6 heteroatoms. The molecule has 6 nitrogen and oxygen atoms in total. The number of benzene rings is 1. The molecule has 4 N–H and O–H groups in total. The average Bonchev–Trinajstić information content (AvgIpc) is 2.27. The summed E-state index contributed by atoms with van der Waals surface area (Å²) in [4.78, 5) is 22.0. The highest BCUT2D eigenvalue weighted by molar-refractivity contribution is 5.82. The Bertz CT molecular complexity index is 661. The van der Waals surface area contributed by atoms with E-state index < -0.39 is 17.6 Å². The molecule has 0 radical (unpaired) electrons. The lowest BCUT2D eigenvalue weighted by Gasteiger charge is -2.08. The van der Waals surface area contributed by atoms with Crippen LogP contribution < -0.4 is 11.4 Å². The van der Waals surface area contributed by atoms with Gasteiger partial charge in [-0.1, -0.05) is 0 Å². The molecule has 2 rings (SSSR count). The van der Waals surface area contributed by atoms with Gasteiger partial charge in [-0.05, 0) is 24.1 Å². The molecule has 0 aliphatic rings. The molecule has 0 fully saturated rings. The van der Waals surface area contributed by atoms with Crippen LogP contribution in [0.15, 0.2) is 33.5 Å². The molecular weight excluding hydrogens is 238 g/mol. The Hall–Kier alpha value is -2.34. The minimum absolute atomic E-state index is 0.0161. The molecule has 1 aromatic heterocycles. The summed E-state index contributed by atoms with van der Waals surface area (Å²) in [5.74, 6) is -1.18. The fourth-order valence-electron chi connectivity index (χ4n) is 1.71. The van der Waals surface area contributed by atoms with Gasteiger partial charge >= 0.3 is 11.6 Å². The molecule has 0 amide bonds. The van der Waals surface area contributed by atoms with E-state index in [0.717, 1.165) is 0 Å². The number of carboxylic acid groups (broad SMARTS) is 1. The maximum atomic E-state index is 11.3. The van der Waals surface area contributed by atoms with Crippen LogP contribution in [0.25, 0.3) is 11.0 Å². The Labute approximate surface area is 101 Å². The summed E-state index contributed by atoms with van der Waals surface area (Å²) >= 11 is 0. The van der Waals surface area contributed by atoms with Crippen LogP contribution in [0.4, 0.5) is 0 Å². The van der Waals surface area contributed by atoms with Crippen molar-refractivity contribution < 1.29 is 19.4 Å². The van der Waals surface area contributed by atoms with E-state index in [4.69, 9.17) is 15.3 Å². The number of aliphatic carboxylic acids is 1. The fourth-order valence-corrected chi connectivity index (χ4v) is 1.71. The molecule has 0 saturated heterocycles. The highest BCUT2D eigenvalue weighted by Crippen LogP contribution is 2.22. The molecule has 0 aliphatic carbocycles. The van der Waals surface area contributed by atoms with Gasteiger partial charge in [0.25, 0.3) is 0 Å². The summed E-state index contributed by atoms with van der Waals surface area (Å²) in [5.41, 5.74) is 5.51. The van der Waals surface area contributed by atoms with Crippen molar-refractivity contribution in [3.05, 3.63) is 40.2 Å². The average molecular weight is 249 g/mol. The first-order chi connectivity index (χ1) is 8.47. The summed E-state index contributed by atoms with van der Waals surface area (Å²) in [6, 6.07) is 4.40. The number of nitrogens with two attached hydrogens (primary N) is 1. The zero-order valence-corrected chi connectivity index (χ0v) is 9.29. The van der Waals surface area contributed by atoms with E-state index in [0.29, 0.717) is 10.9 Å². The van der Waals surface area contributed by atoms with Gasteiger partial charge in [0.05, 0.1) is 0 Å². The molecular formula is C12H11NO5. The zero-order chi connectivity index (χ0) is 13.3. The number of rotatable bonds is 3. The van der Waals surface area contributed by atoms with Crippen molar-refractivity contribution in [1.29, 1.82) is 0 Å². The maximum Gasteiger partial charge on any atom is 0.336 e. The van der Waals surface area contributed by atoms with Crippen LogP contribution in [-0.4, -0.2) is 22.2 Å². The van der Waals surface area contributed by atoms with Crippen LogP contribution in [0.2, 0.25) is 0 Å². The van der Waals surface area contributed by atoms with E-state index >= 15 is 0 Å². The van der Waals surface area contributed by atoms with E-state index in [1.165, 1.54) is 18.2 Å². The van der Waals surface area contributed by atoms with Gasteiger partial charge in [-0.15, -0.1) is 0 Å². The van der Waals surface area contributed by atoms with Crippen LogP contribution >= 0.6 is 0 Å². The molecule has 0 saturated carbocycles. The lowest BCUT2D eigenvalue weighted by atomic mass is 10.0. The number of hydrogen-bond donors (Lipinski definition) is 3. The molecule has 0 bridgehead atoms. The monoisotopic (exact) mass is 249 g/mol. The topological polar surface area (TPSA) is 114 Å². The largest absolute Gasteiger partial charge is 0.508 e. The van der Waals surface area contributed by atoms with Gasteiger partial charge in [0.1, 0.15) is 17.4 Å².